The predicted octanol–water partition coefficient (Wildman–Crippen LogP) is 25.6. The molecular weight excluding hydrogens is 1710 g/mol. The Morgan fingerprint density at radius 3 is 0.949 bits per heavy atom. The van der Waals surface area contributed by atoms with E-state index in [0.29, 0.717) is 173 Å². The van der Waals surface area contributed by atoms with Gasteiger partial charge in [0.05, 0.1) is 74.6 Å². The molecule has 0 atom stereocenters. The van der Waals surface area contributed by atoms with Crippen LogP contribution >= 0.6 is 0 Å². The van der Waals surface area contributed by atoms with E-state index < -0.39 is 111 Å². The Balaban J connectivity index is 0.000000147. The van der Waals surface area contributed by atoms with E-state index in [1.165, 1.54) is 47.8 Å². The van der Waals surface area contributed by atoms with E-state index in [1.807, 2.05) is 69.3 Å². The van der Waals surface area contributed by atoms with Crippen molar-refractivity contribution in [3.05, 3.63) is 294 Å². The SMILES string of the molecule is [2H]c1c(C([2H])(C([2H])([2H])[2H])C([2H])([2H])[2H])c([2H])c(-c2c(C)ccc3c2oc2ncc(C#N)cc23)[n+](C)c1C.[2H]c1c(C([2H])(C([2H])([2H])[2H])C([2H])([2H])[2H])c([2H])c(-c2c(C)ccc3c2oc2nccc(C#N)c23)[n+](C)c1C.[2H]c1c(C([2H])([2H])C(C)C)c([2H])c(-c2c(C)ccc3c2oc2nc(C#N)ccc23)[n+](C)c1C.[2H]c1c(C([2H])([2H])C(C)C)c([2H])c(-c2c(C)ccc3c2oc2ncc(C#N)cc23)[n+](C)c1C.[2H]c1c(C([2H])([2H])C(C)C)c([2H])c(-c2c(C)ccc3c2oc2nccc(C#N)c23)[n+](C)c1C. The van der Waals surface area contributed by atoms with Gasteiger partial charge in [0.25, 0.3) is 0 Å². The summed E-state index contributed by atoms with van der Waals surface area (Å²) in [5.74, 6) is -7.69. The molecule has 15 aromatic heterocycles. The van der Waals surface area contributed by atoms with Gasteiger partial charge < -0.3 is 22.1 Å². The van der Waals surface area contributed by atoms with Crippen LogP contribution < -0.4 is 22.8 Å². The molecule has 0 N–H and O–H groups in total. The molecule has 0 aliphatic heterocycles. The van der Waals surface area contributed by atoms with Crippen molar-refractivity contribution < 1.29 is 86.0 Å². The summed E-state index contributed by atoms with van der Waals surface area (Å²) in [6, 6.07) is 36.8. The second-order valence-corrected chi connectivity index (χ2v) is 34.8. The van der Waals surface area contributed by atoms with Crippen LogP contribution in [0.5, 0.6) is 0 Å². The van der Waals surface area contributed by atoms with Gasteiger partial charge in [0.1, 0.15) is 71.3 Å². The lowest BCUT2D eigenvalue weighted by Crippen LogP contribution is -2.35. The number of nitrogens with zero attached hydrogens (tertiary/aromatic N) is 15. The van der Waals surface area contributed by atoms with Crippen molar-refractivity contribution >= 4 is 110 Å². The van der Waals surface area contributed by atoms with Crippen molar-refractivity contribution in [3.8, 4) is 86.6 Å². The molecule has 0 aliphatic rings. The van der Waals surface area contributed by atoms with Crippen LogP contribution in [0.25, 0.3) is 167 Å². The summed E-state index contributed by atoms with van der Waals surface area (Å²) in [5, 5.41) is 53.4. The molecule has 0 radical (unpaired) electrons. The molecule has 0 bridgehead atoms. The van der Waals surface area contributed by atoms with Crippen molar-refractivity contribution in [3.63, 3.8) is 0 Å². The monoisotopic (exact) mass is 1850 g/mol. The Hall–Kier alpha value is -16.0. The van der Waals surface area contributed by atoms with Crippen LogP contribution in [0.3, 0.4) is 0 Å². The topological polar surface area (TPSA) is 268 Å². The van der Waals surface area contributed by atoms with Gasteiger partial charge in [-0.15, -0.1) is 0 Å². The number of benzene rings is 5. The zero-order valence-corrected chi connectivity index (χ0v) is 80.0. The quantitative estimate of drug-likeness (QED) is 0.0971. The Bertz CT molecular complexity index is 10100. The van der Waals surface area contributed by atoms with Crippen LogP contribution in [0.15, 0.2) is 204 Å². The fourth-order valence-electron chi connectivity index (χ4n) is 16.8. The second kappa shape index (κ2) is 38.8. The van der Waals surface area contributed by atoms with Crippen LogP contribution in [0.4, 0.5) is 0 Å². The van der Waals surface area contributed by atoms with Crippen molar-refractivity contribution in [2.75, 3.05) is 0 Å². The zero-order chi connectivity index (χ0) is 125. The third-order valence-corrected chi connectivity index (χ3v) is 24.2. The van der Waals surface area contributed by atoms with Crippen molar-refractivity contribution in [2.24, 2.45) is 53.0 Å². The first-order valence-electron chi connectivity index (χ1n) is 59.3. The maximum atomic E-state index is 9.59. The van der Waals surface area contributed by atoms with Gasteiger partial charge in [-0.1, -0.05) is 130 Å². The van der Waals surface area contributed by atoms with Gasteiger partial charge in [0.2, 0.25) is 57.0 Å². The summed E-state index contributed by atoms with van der Waals surface area (Å²) in [5.41, 5.74) is 14.4. The zero-order valence-electron chi connectivity index (χ0n) is 110. The molecule has 20 nitrogen and oxygen atoms in total. The molecule has 0 saturated carbocycles. The van der Waals surface area contributed by atoms with Crippen molar-refractivity contribution in [2.45, 2.75) is 169 Å². The number of hydrogen-bond donors (Lipinski definition) is 0. The number of hydrogen-bond acceptors (Lipinski definition) is 15. The molecule has 0 amide bonds. The highest BCUT2D eigenvalue weighted by Crippen LogP contribution is 2.45. The van der Waals surface area contributed by atoms with Gasteiger partial charge in [0.15, 0.2) is 56.4 Å². The Labute approximate surface area is 847 Å². The molecule has 138 heavy (non-hydrogen) atoms. The third kappa shape index (κ3) is 18.2. The van der Waals surface area contributed by atoms with E-state index in [9.17, 15) is 26.3 Å². The summed E-state index contributed by atoms with van der Waals surface area (Å²) < 4.78 is 291. The van der Waals surface area contributed by atoms with Crippen molar-refractivity contribution in [1.29, 1.82) is 26.3 Å². The first-order valence-corrected chi connectivity index (χ1v) is 44.3. The standard InChI is InChI=1S/3C24H24N3O.2C23H22N3O/c1-14(2)10-17-11-16(4)27(5)21(12-17)22-15(3)6-8-19-20-9-7-18(13-25)26-24(20)28-23(19)22;1-14(2)8-17-9-16(4)27(5)21(11-17)22-15(3)6-7-19-20-10-18(12-25)13-26-24(20)28-23(19)22;1-14(2)10-17-11-16(4)27(5)20(12-17)21-15(3)6-7-19-22-18(13-25)8-9-26-24(22)28-23(19)21;1-13(2)17-8-15(4)26(5)20(10-17)21-14(3)6-7-18-19-9-16(11-24)12-25-23(19)27-22(18)21;1-13(2)17-10-15(4)26(5)19(11-17)20-14(3)6-7-18-21-16(12-24)8-9-25-23(21)27-22(18)20/h6-9,11-12,14H,10H2,1-5H3;6-7,9-11,13-14H,8H2,1-5H3;6-9,11-12,14H,10H2,1-5H3;6-10,12-13H,1-5H3;6-11,13H,1-5H3/q5*+1/i10D2,11D,12D;8D2,9D,11D;10D2,11D,12D;1D3,2D3,8D,10D,13D;1D3,2D3,10D,11D,13D. The molecule has 5 aromatic carbocycles. The molecule has 20 rings (SSSR count). The minimum Gasteiger partial charge on any atom is -0.437 e. The number of fused-ring (bicyclic) bond motifs is 15. The molecule has 20 heteroatoms. The van der Waals surface area contributed by atoms with E-state index in [1.54, 1.807) is 186 Å². The van der Waals surface area contributed by atoms with E-state index in [4.69, 9.17) is 63.2 Å². The van der Waals surface area contributed by atoms with Crippen LogP contribution in [0.2, 0.25) is 0 Å². The number of aryl methyl sites for hydroxylation is 5. The Morgan fingerprint density at radius 1 is 0.333 bits per heavy atom. The smallest absolute Gasteiger partial charge is 0.228 e. The average Bonchev–Trinajstić information content (AvgIpc) is 1.08. The Morgan fingerprint density at radius 2 is 0.630 bits per heavy atom. The van der Waals surface area contributed by atoms with Crippen molar-refractivity contribution in [1.82, 2.24) is 24.9 Å². The minimum absolute atomic E-state index is 0.0245. The lowest BCUT2D eigenvalue weighted by Gasteiger charge is -2.11. The normalized spacial score (nSPS) is 15.4. The molecule has 0 unspecified atom stereocenters. The van der Waals surface area contributed by atoms with Gasteiger partial charge in [-0.05, 0) is 175 Å². The maximum Gasteiger partial charge on any atom is 0.228 e. The number of furan rings is 5. The highest BCUT2D eigenvalue weighted by molar-refractivity contribution is 6.14. The van der Waals surface area contributed by atoms with Gasteiger partial charge in [0, 0.05) is 190 Å². The summed E-state index contributed by atoms with van der Waals surface area (Å²) in [4.78, 5) is 21.3. The number of pyridine rings is 10. The van der Waals surface area contributed by atoms with E-state index in [0.717, 1.165) is 32.8 Å². The first kappa shape index (κ1) is 64.1. The van der Waals surface area contributed by atoms with Crippen LogP contribution in [0, 0.1) is 144 Å². The first-order chi connectivity index (χ1) is 78.1. The van der Waals surface area contributed by atoms with E-state index >= 15 is 0 Å². The number of aromatic nitrogens is 10. The molecule has 0 fully saturated rings. The third-order valence-electron chi connectivity index (χ3n) is 24.2. The maximum absolute atomic E-state index is 9.59. The fourth-order valence-corrected chi connectivity index (χ4v) is 16.8. The fraction of sp³-hybridized carbons (Fsp3) is 0.280. The highest BCUT2D eigenvalue weighted by Gasteiger charge is 2.32. The molecular formula is C118H116N15O5+5. The minimum atomic E-state index is -3.36. The largest absolute Gasteiger partial charge is 0.437 e. The van der Waals surface area contributed by atoms with Gasteiger partial charge in [-0.25, -0.2) is 24.9 Å². The number of rotatable bonds is 13. The number of nitriles is 5. The predicted molar refractivity (Wildman–Crippen MR) is 545 cm³/mol. The molecule has 0 spiro atoms. The summed E-state index contributed by atoms with van der Waals surface area (Å²) in [7, 11) is 8.48. The molecule has 15 heterocycles. The van der Waals surface area contributed by atoms with Crippen LogP contribution in [-0.4, -0.2) is 24.9 Å². The van der Waals surface area contributed by atoms with Gasteiger partial charge in [-0.3, -0.25) is 0 Å². The second-order valence-electron chi connectivity index (χ2n) is 34.8. The van der Waals surface area contributed by atoms with Gasteiger partial charge in [-0.2, -0.15) is 49.1 Å². The van der Waals surface area contributed by atoms with Gasteiger partial charge >= 0.3 is 0 Å². The average molecular weight is 1850 g/mol. The molecule has 688 valence electrons. The van der Waals surface area contributed by atoms with Crippen LogP contribution in [-0.2, 0) is 54.4 Å². The Kier molecular flexibility index (Phi) is 18.0. The van der Waals surface area contributed by atoms with Crippen LogP contribution in [0.1, 0.15) is 234 Å². The lowest BCUT2D eigenvalue weighted by molar-refractivity contribution is -0.666. The molecule has 20 aromatic rings. The lowest BCUT2D eigenvalue weighted by atomic mass is 9.96. The summed E-state index contributed by atoms with van der Waals surface area (Å²) in [6.07, 6.45) is 0.242. The summed E-state index contributed by atoms with van der Waals surface area (Å²) >= 11 is 0. The van der Waals surface area contributed by atoms with E-state index in [2.05, 4.69) is 43.1 Å². The molecule has 0 saturated heterocycles. The highest BCUT2D eigenvalue weighted by atomic mass is 16.4. The van der Waals surface area contributed by atoms with E-state index in [-0.39, 0.29) is 98.4 Å². The summed E-state index contributed by atoms with van der Waals surface area (Å²) in [6.45, 7) is 14.6. The molecule has 0 aliphatic carbocycles.